The summed E-state index contributed by atoms with van der Waals surface area (Å²) < 4.78 is 0.725. The average Bonchev–Trinajstić information content (AvgIpc) is 2.88. The molecule has 0 atom stereocenters. The van der Waals surface area contributed by atoms with Gasteiger partial charge in [-0.05, 0) is 54.7 Å². The van der Waals surface area contributed by atoms with Crippen LogP contribution in [-0.4, -0.2) is 4.92 Å². The molecule has 5 heteroatoms. The largest absolute Gasteiger partial charge is 0.284 e. The molecule has 102 valence electrons. The highest BCUT2D eigenvalue weighted by molar-refractivity contribution is 9.10. The minimum absolute atomic E-state index is 0.143. The molecule has 0 spiro atoms. The van der Waals surface area contributed by atoms with Gasteiger partial charge in [0.25, 0.3) is 5.69 Å². The summed E-state index contributed by atoms with van der Waals surface area (Å²) >= 11 is 4.73. The smallest absolute Gasteiger partial charge is 0.258 e. The molecule has 20 heavy (non-hydrogen) atoms. The van der Waals surface area contributed by atoms with Crippen LogP contribution in [0.2, 0.25) is 0 Å². The van der Waals surface area contributed by atoms with Crippen LogP contribution < -0.4 is 0 Å². The molecule has 0 aromatic heterocycles. The van der Waals surface area contributed by atoms with Crippen LogP contribution in [0.15, 0.2) is 50.7 Å². The Kier molecular flexibility index (Phi) is 3.81. The Bertz CT molecular complexity index is 688. The maximum Gasteiger partial charge on any atom is 0.284 e. The third kappa shape index (κ3) is 2.74. The van der Waals surface area contributed by atoms with Gasteiger partial charge < -0.3 is 0 Å². The molecule has 0 bridgehead atoms. The summed E-state index contributed by atoms with van der Waals surface area (Å²) in [4.78, 5) is 12.5. The Balaban J connectivity index is 1.93. The van der Waals surface area contributed by atoms with Gasteiger partial charge in [-0.2, -0.15) is 0 Å². The molecule has 3 nitrogen and oxygen atoms in total. The lowest BCUT2D eigenvalue weighted by Crippen LogP contribution is -1.91. The molecule has 0 saturated carbocycles. The Hall–Kier alpha value is -1.33. The van der Waals surface area contributed by atoms with E-state index >= 15 is 0 Å². The zero-order valence-electron chi connectivity index (χ0n) is 10.6. The first-order valence-electron chi connectivity index (χ1n) is 6.37. The van der Waals surface area contributed by atoms with Gasteiger partial charge in [0, 0.05) is 15.4 Å². The highest BCUT2D eigenvalue weighted by Crippen LogP contribution is 2.37. The van der Waals surface area contributed by atoms with E-state index in [-0.39, 0.29) is 10.6 Å². The number of halogens is 1. The van der Waals surface area contributed by atoms with Crippen LogP contribution >= 0.6 is 27.7 Å². The molecule has 0 radical (unpaired) electrons. The predicted molar refractivity (Wildman–Crippen MR) is 83.4 cm³/mol. The first kappa shape index (κ1) is 13.6. The molecule has 3 rings (SSSR count). The van der Waals surface area contributed by atoms with Crippen LogP contribution in [0.5, 0.6) is 0 Å². The van der Waals surface area contributed by atoms with Crippen LogP contribution in [0, 0.1) is 10.1 Å². The second kappa shape index (κ2) is 5.58. The van der Waals surface area contributed by atoms with Gasteiger partial charge in [-0.25, -0.2) is 0 Å². The van der Waals surface area contributed by atoms with Gasteiger partial charge in [0.05, 0.1) is 9.82 Å². The van der Waals surface area contributed by atoms with Crippen molar-refractivity contribution in [2.75, 3.05) is 0 Å². The van der Waals surface area contributed by atoms with E-state index in [1.807, 2.05) is 6.07 Å². The Morgan fingerprint density at radius 3 is 2.70 bits per heavy atom. The van der Waals surface area contributed by atoms with Crippen molar-refractivity contribution in [2.45, 2.75) is 29.1 Å². The van der Waals surface area contributed by atoms with Gasteiger partial charge in [0.15, 0.2) is 0 Å². The van der Waals surface area contributed by atoms with E-state index < -0.39 is 0 Å². The summed E-state index contributed by atoms with van der Waals surface area (Å²) in [7, 11) is 0. The van der Waals surface area contributed by atoms with Crippen molar-refractivity contribution < 1.29 is 4.92 Å². The SMILES string of the molecule is O=[N+]([O-])c1cc(Br)ccc1Sc1ccc2c(c1)CCC2. The zero-order valence-corrected chi connectivity index (χ0v) is 13.0. The fourth-order valence-corrected chi connectivity index (χ4v) is 3.77. The fraction of sp³-hybridized carbons (Fsp3) is 0.200. The molecule has 0 unspecified atom stereocenters. The van der Waals surface area contributed by atoms with Crippen LogP contribution in [0.4, 0.5) is 5.69 Å². The summed E-state index contributed by atoms with van der Waals surface area (Å²) in [6.45, 7) is 0. The Morgan fingerprint density at radius 2 is 1.90 bits per heavy atom. The van der Waals surface area contributed by atoms with E-state index in [1.165, 1.54) is 29.3 Å². The van der Waals surface area contributed by atoms with Crippen molar-refractivity contribution >= 4 is 33.4 Å². The van der Waals surface area contributed by atoms with Crippen LogP contribution in [0.25, 0.3) is 0 Å². The first-order valence-corrected chi connectivity index (χ1v) is 7.98. The van der Waals surface area contributed by atoms with Crippen LogP contribution in [-0.2, 0) is 12.8 Å². The topological polar surface area (TPSA) is 43.1 Å². The highest BCUT2D eigenvalue weighted by atomic mass is 79.9. The van der Waals surface area contributed by atoms with Gasteiger partial charge in [-0.1, -0.05) is 33.8 Å². The minimum Gasteiger partial charge on any atom is -0.258 e. The molecule has 0 aliphatic heterocycles. The quantitative estimate of drug-likeness (QED) is 0.578. The molecule has 0 N–H and O–H groups in total. The molecule has 0 heterocycles. The molecule has 0 saturated heterocycles. The van der Waals surface area contributed by atoms with E-state index in [0.29, 0.717) is 4.90 Å². The molecule has 2 aromatic carbocycles. The summed E-state index contributed by atoms with van der Waals surface area (Å²) in [5.41, 5.74) is 2.94. The lowest BCUT2D eigenvalue weighted by atomic mass is 10.1. The number of rotatable bonds is 3. The number of aryl methyl sites for hydroxylation is 2. The summed E-state index contributed by atoms with van der Waals surface area (Å²) in [6.07, 6.45) is 3.48. The van der Waals surface area contributed by atoms with Crippen molar-refractivity contribution in [2.24, 2.45) is 0 Å². The van der Waals surface area contributed by atoms with E-state index in [1.54, 1.807) is 12.1 Å². The number of fused-ring (bicyclic) bond motifs is 1. The minimum atomic E-state index is -0.333. The monoisotopic (exact) mass is 349 g/mol. The number of nitrogens with zero attached hydrogens (tertiary/aromatic N) is 1. The molecule has 1 aliphatic rings. The summed E-state index contributed by atoms with van der Waals surface area (Å²) in [5, 5.41) is 11.1. The first-order chi connectivity index (χ1) is 9.63. The maximum absolute atomic E-state index is 11.1. The third-order valence-electron chi connectivity index (χ3n) is 3.42. The van der Waals surface area contributed by atoms with Crippen molar-refractivity contribution in [1.29, 1.82) is 0 Å². The fourth-order valence-electron chi connectivity index (χ4n) is 2.46. The second-order valence-electron chi connectivity index (χ2n) is 4.76. The molecule has 2 aromatic rings. The van der Waals surface area contributed by atoms with E-state index in [2.05, 4.69) is 34.1 Å². The van der Waals surface area contributed by atoms with Gasteiger partial charge in [-0.15, -0.1) is 0 Å². The summed E-state index contributed by atoms with van der Waals surface area (Å²) in [6, 6.07) is 11.5. The lowest BCUT2D eigenvalue weighted by molar-refractivity contribution is -0.387. The van der Waals surface area contributed by atoms with Gasteiger partial charge in [-0.3, -0.25) is 10.1 Å². The third-order valence-corrected chi connectivity index (χ3v) is 4.96. The molecule has 1 aliphatic carbocycles. The van der Waals surface area contributed by atoms with E-state index in [9.17, 15) is 10.1 Å². The molecule has 0 amide bonds. The van der Waals surface area contributed by atoms with Crippen molar-refractivity contribution in [1.82, 2.24) is 0 Å². The van der Waals surface area contributed by atoms with Gasteiger partial charge >= 0.3 is 0 Å². The van der Waals surface area contributed by atoms with E-state index in [0.717, 1.165) is 22.2 Å². The number of hydrogen-bond donors (Lipinski definition) is 0. The van der Waals surface area contributed by atoms with Crippen LogP contribution in [0.1, 0.15) is 17.5 Å². The van der Waals surface area contributed by atoms with Crippen LogP contribution in [0.3, 0.4) is 0 Å². The average molecular weight is 350 g/mol. The molecular weight excluding hydrogens is 338 g/mol. The number of hydrogen-bond acceptors (Lipinski definition) is 3. The number of nitro groups is 1. The lowest BCUT2D eigenvalue weighted by Gasteiger charge is -2.06. The number of nitro benzene ring substituents is 1. The second-order valence-corrected chi connectivity index (χ2v) is 6.79. The van der Waals surface area contributed by atoms with Crippen molar-refractivity contribution in [3.63, 3.8) is 0 Å². The zero-order chi connectivity index (χ0) is 14.1. The van der Waals surface area contributed by atoms with E-state index in [4.69, 9.17) is 0 Å². The normalized spacial score (nSPS) is 13.2. The Labute approximate surface area is 129 Å². The standard InChI is InChI=1S/C15H12BrNO2S/c16-12-5-7-15(14(9-12)17(18)19)20-13-6-4-10-2-1-3-11(10)8-13/h4-9H,1-3H2. The number of benzene rings is 2. The van der Waals surface area contributed by atoms with Crippen molar-refractivity contribution in [3.8, 4) is 0 Å². The van der Waals surface area contributed by atoms with Gasteiger partial charge in [0.1, 0.15) is 0 Å². The van der Waals surface area contributed by atoms with Gasteiger partial charge in [0.2, 0.25) is 0 Å². The molecular formula is C15H12BrNO2S. The summed E-state index contributed by atoms with van der Waals surface area (Å²) in [5.74, 6) is 0. The Morgan fingerprint density at radius 1 is 1.10 bits per heavy atom. The highest BCUT2D eigenvalue weighted by Gasteiger charge is 2.17. The predicted octanol–water partition coefficient (Wildman–Crippen LogP) is 5.00. The maximum atomic E-state index is 11.1. The van der Waals surface area contributed by atoms with Crippen molar-refractivity contribution in [3.05, 3.63) is 62.1 Å². The molecule has 0 fully saturated rings.